The molecule has 0 radical (unpaired) electrons. The van der Waals surface area contributed by atoms with Crippen LogP contribution in [0.4, 0.5) is 5.69 Å². The Hall–Kier alpha value is -2.34. The lowest BCUT2D eigenvalue weighted by atomic mass is 10.0. The molecule has 1 atom stereocenters. The van der Waals surface area contributed by atoms with Gasteiger partial charge in [-0.2, -0.15) is 0 Å². The summed E-state index contributed by atoms with van der Waals surface area (Å²) in [6.07, 6.45) is 0. The van der Waals surface area contributed by atoms with Crippen LogP contribution in [0.2, 0.25) is 0 Å². The van der Waals surface area contributed by atoms with Crippen molar-refractivity contribution < 1.29 is 14.3 Å². The van der Waals surface area contributed by atoms with Gasteiger partial charge in [0, 0.05) is 10.2 Å². The predicted molar refractivity (Wildman–Crippen MR) is 106 cm³/mol. The van der Waals surface area contributed by atoms with Gasteiger partial charge < -0.3 is 15.4 Å². The zero-order valence-electron chi connectivity index (χ0n) is 15.1. The van der Waals surface area contributed by atoms with Gasteiger partial charge in [-0.1, -0.05) is 26.0 Å². The molecule has 0 heterocycles. The van der Waals surface area contributed by atoms with Crippen LogP contribution >= 0.6 is 15.9 Å². The van der Waals surface area contributed by atoms with Crippen LogP contribution in [0.1, 0.15) is 31.1 Å². The molecule has 2 aromatic carbocycles. The van der Waals surface area contributed by atoms with E-state index in [4.69, 9.17) is 4.74 Å². The average molecular weight is 419 g/mol. The van der Waals surface area contributed by atoms with Crippen molar-refractivity contribution in [3.05, 3.63) is 58.6 Å². The van der Waals surface area contributed by atoms with Gasteiger partial charge in [0.15, 0.2) is 0 Å². The first-order valence-electron chi connectivity index (χ1n) is 8.51. The third-order valence-electron chi connectivity index (χ3n) is 3.79. The van der Waals surface area contributed by atoms with Crippen LogP contribution in [-0.2, 0) is 4.79 Å². The number of anilines is 1. The molecule has 2 aromatic rings. The van der Waals surface area contributed by atoms with Crippen LogP contribution in [0.3, 0.4) is 0 Å². The van der Waals surface area contributed by atoms with Gasteiger partial charge in [-0.3, -0.25) is 9.59 Å². The van der Waals surface area contributed by atoms with Gasteiger partial charge in [0.25, 0.3) is 5.91 Å². The summed E-state index contributed by atoms with van der Waals surface area (Å²) in [4.78, 5) is 25.2. The smallest absolute Gasteiger partial charge is 0.253 e. The highest BCUT2D eigenvalue weighted by Crippen LogP contribution is 2.18. The highest BCUT2D eigenvalue weighted by molar-refractivity contribution is 9.10. The fraction of sp³-hybridized carbons (Fsp3) is 0.300. The Balaban J connectivity index is 2.07. The summed E-state index contributed by atoms with van der Waals surface area (Å²) in [7, 11) is 0. The minimum atomic E-state index is -0.652. The lowest BCUT2D eigenvalue weighted by molar-refractivity contribution is -0.118. The molecule has 0 fully saturated rings. The fourth-order valence-corrected chi connectivity index (χ4v) is 2.89. The van der Waals surface area contributed by atoms with Gasteiger partial charge in [0.05, 0.1) is 12.2 Å². The maximum atomic E-state index is 12.6. The number of benzene rings is 2. The van der Waals surface area contributed by atoms with Gasteiger partial charge in [-0.25, -0.2) is 0 Å². The van der Waals surface area contributed by atoms with Crippen LogP contribution in [0.15, 0.2) is 53.0 Å². The first kappa shape index (κ1) is 20.0. The summed E-state index contributed by atoms with van der Waals surface area (Å²) >= 11 is 3.36. The molecule has 2 amide bonds. The van der Waals surface area contributed by atoms with Crippen molar-refractivity contribution in [3.8, 4) is 5.75 Å². The molecule has 0 unspecified atom stereocenters. The lowest BCUT2D eigenvalue weighted by Crippen LogP contribution is -2.47. The lowest BCUT2D eigenvalue weighted by Gasteiger charge is -2.22. The van der Waals surface area contributed by atoms with E-state index in [-0.39, 0.29) is 17.7 Å². The molecule has 5 nitrogen and oxygen atoms in total. The third kappa shape index (κ3) is 5.33. The van der Waals surface area contributed by atoms with Gasteiger partial charge in [-0.15, -0.1) is 0 Å². The maximum absolute atomic E-state index is 12.6. The summed E-state index contributed by atoms with van der Waals surface area (Å²) in [5, 5.41) is 5.66. The molecule has 0 spiro atoms. The molecule has 0 aliphatic carbocycles. The second kappa shape index (κ2) is 9.38. The first-order valence-corrected chi connectivity index (χ1v) is 9.30. The van der Waals surface area contributed by atoms with Crippen molar-refractivity contribution >= 4 is 33.4 Å². The van der Waals surface area contributed by atoms with Crippen molar-refractivity contribution in [2.45, 2.75) is 26.8 Å². The van der Waals surface area contributed by atoms with Crippen LogP contribution in [-0.4, -0.2) is 24.5 Å². The number of nitrogens with one attached hydrogen (secondary N) is 2. The van der Waals surface area contributed by atoms with Gasteiger partial charge in [0.2, 0.25) is 5.91 Å². The van der Waals surface area contributed by atoms with Crippen molar-refractivity contribution in [1.82, 2.24) is 5.32 Å². The summed E-state index contributed by atoms with van der Waals surface area (Å²) in [5.74, 6) is 0.125. The van der Waals surface area contributed by atoms with E-state index in [0.717, 1.165) is 5.75 Å². The Morgan fingerprint density at radius 1 is 1.08 bits per heavy atom. The molecule has 0 bridgehead atoms. The molecule has 0 saturated carbocycles. The van der Waals surface area contributed by atoms with Crippen LogP contribution in [0.25, 0.3) is 0 Å². The quantitative estimate of drug-likeness (QED) is 0.706. The number of hydrogen-bond acceptors (Lipinski definition) is 3. The average Bonchev–Trinajstić information content (AvgIpc) is 2.61. The Morgan fingerprint density at radius 2 is 1.73 bits per heavy atom. The normalized spacial score (nSPS) is 11.7. The van der Waals surface area contributed by atoms with Gasteiger partial charge >= 0.3 is 0 Å². The summed E-state index contributed by atoms with van der Waals surface area (Å²) in [6.45, 7) is 6.28. The van der Waals surface area contributed by atoms with Crippen LogP contribution in [0, 0.1) is 5.92 Å². The molecule has 0 aliphatic heterocycles. The monoisotopic (exact) mass is 418 g/mol. The molecule has 0 saturated heterocycles. The van der Waals surface area contributed by atoms with E-state index >= 15 is 0 Å². The Morgan fingerprint density at radius 3 is 2.31 bits per heavy atom. The number of halogens is 1. The number of amides is 2. The molecular weight excluding hydrogens is 396 g/mol. The molecule has 138 valence electrons. The zero-order chi connectivity index (χ0) is 19.1. The van der Waals surface area contributed by atoms with Crippen molar-refractivity contribution in [2.24, 2.45) is 5.92 Å². The molecule has 26 heavy (non-hydrogen) atoms. The largest absolute Gasteiger partial charge is 0.494 e. The standard InChI is InChI=1S/C20H23BrN2O3/c1-4-26-15-11-9-14(10-12-15)22-20(25)18(13(2)3)23-19(24)16-7-5-6-8-17(16)21/h5-13,18H,4H2,1-3H3,(H,22,25)(H,23,24)/t18-/m1/s1. The van der Waals surface area contributed by atoms with Crippen molar-refractivity contribution in [3.63, 3.8) is 0 Å². The molecule has 2 N–H and O–H groups in total. The maximum Gasteiger partial charge on any atom is 0.253 e. The van der Waals surface area contributed by atoms with E-state index in [2.05, 4.69) is 26.6 Å². The number of carbonyl (C=O) groups excluding carboxylic acids is 2. The van der Waals surface area contributed by atoms with Gasteiger partial charge in [0.1, 0.15) is 11.8 Å². The molecule has 2 rings (SSSR count). The molecule has 6 heteroatoms. The topological polar surface area (TPSA) is 67.4 Å². The molecule has 0 aromatic heterocycles. The van der Waals surface area contributed by atoms with E-state index in [0.29, 0.717) is 22.3 Å². The number of carbonyl (C=O) groups is 2. The second-order valence-corrected chi connectivity index (χ2v) is 6.98. The van der Waals surface area contributed by atoms with E-state index in [9.17, 15) is 9.59 Å². The van der Waals surface area contributed by atoms with E-state index < -0.39 is 6.04 Å². The summed E-state index contributed by atoms with van der Waals surface area (Å²) < 4.78 is 6.08. The molecular formula is C20H23BrN2O3. The Bertz CT molecular complexity index is 760. The highest BCUT2D eigenvalue weighted by Gasteiger charge is 2.25. The predicted octanol–water partition coefficient (Wildman–Crippen LogP) is 4.24. The first-order chi connectivity index (χ1) is 12.4. The SMILES string of the molecule is CCOc1ccc(NC(=O)[C@H](NC(=O)c2ccccc2Br)C(C)C)cc1. The number of ether oxygens (including phenoxy) is 1. The zero-order valence-corrected chi connectivity index (χ0v) is 16.7. The van der Waals surface area contributed by atoms with Gasteiger partial charge in [-0.05, 0) is 65.2 Å². The summed E-state index contributed by atoms with van der Waals surface area (Å²) in [5.41, 5.74) is 1.14. The molecule has 0 aliphatic rings. The minimum Gasteiger partial charge on any atom is -0.494 e. The fourth-order valence-electron chi connectivity index (χ4n) is 2.42. The summed E-state index contributed by atoms with van der Waals surface area (Å²) in [6, 6.07) is 13.6. The van der Waals surface area contributed by atoms with Crippen LogP contribution < -0.4 is 15.4 Å². The van der Waals surface area contributed by atoms with E-state index in [1.54, 1.807) is 42.5 Å². The second-order valence-electron chi connectivity index (χ2n) is 6.12. The number of hydrogen-bond donors (Lipinski definition) is 2. The van der Waals surface area contributed by atoms with Crippen LogP contribution in [0.5, 0.6) is 5.75 Å². The highest BCUT2D eigenvalue weighted by atomic mass is 79.9. The van der Waals surface area contributed by atoms with Crippen molar-refractivity contribution in [2.75, 3.05) is 11.9 Å². The van der Waals surface area contributed by atoms with E-state index in [1.165, 1.54) is 0 Å². The Labute approximate surface area is 162 Å². The number of rotatable bonds is 7. The third-order valence-corrected chi connectivity index (χ3v) is 4.48. The van der Waals surface area contributed by atoms with Crippen molar-refractivity contribution in [1.29, 1.82) is 0 Å². The Kier molecular flexibility index (Phi) is 7.21. The minimum absolute atomic E-state index is 0.0656. The van der Waals surface area contributed by atoms with E-state index in [1.807, 2.05) is 26.8 Å².